The van der Waals surface area contributed by atoms with E-state index in [1.165, 1.54) is 27.8 Å². The Morgan fingerprint density at radius 2 is 1.70 bits per heavy atom. The Balaban J connectivity index is 1.69. The molecule has 0 spiro atoms. The van der Waals surface area contributed by atoms with Gasteiger partial charge in [-0.1, -0.05) is 6.92 Å². The van der Waals surface area contributed by atoms with Crippen molar-refractivity contribution < 1.29 is 12.8 Å². The van der Waals surface area contributed by atoms with E-state index in [0.717, 1.165) is 17.0 Å². The van der Waals surface area contributed by atoms with Gasteiger partial charge in [-0.05, 0) is 42.8 Å². The third-order valence-corrected chi connectivity index (χ3v) is 7.61. The zero-order valence-corrected chi connectivity index (χ0v) is 14.5. The molecule has 0 atom stereocenters. The number of benzene rings is 1. The minimum Gasteiger partial charge on any atom is -0.369 e. The van der Waals surface area contributed by atoms with Gasteiger partial charge in [0.25, 0.3) is 10.0 Å². The molecular formula is C16H19FN2O2S2. The molecule has 3 rings (SSSR count). The Morgan fingerprint density at radius 1 is 1.04 bits per heavy atom. The lowest BCUT2D eigenvalue weighted by Crippen LogP contribution is -2.48. The van der Waals surface area contributed by atoms with Crippen molar-refractivity contribution in [2.45, 2.75) is 17.6 Å². The van der Waals surface area contributed by atoms with Crippen molar-refractivity contribution in [2.24, 2.45) is 0 Å². The van der Waals surface area contributed by atoms with Gasteiger partial charge in [-0.2, -0.15) is 4.31 Å². The van der Waals surface area contributed by atoms with Crippen LogP contribution in [0, 0.1) is 5.82 Å². The highest BCUT2D eigenvalue weighted by molar-refractivity contribution is 7.91. The predicted octanol–water partition coefficient (Wildman–Crippen LogP) is 2.96. The van der Waals surface area contributed by atoms with Crippen LogP contribution >= 0.6 is 11.3 Å². The Morgan fingerprint density at radius 3 is 2.26 bits per heavy atom. The lowest BCUT2D eigenvalue weighted by Gasteiger charge is -2.35. The largest absolute Gasteiger partial charge is 0.369 e. The Labute approximate surface area is 140 Å². The molecule has 1 aliphatic rings. The van der Waals surface area contributed by atoms with Gasteiger partial charge < -0.3 is 4.90 Å². The van der Waals surface area contributed by atoms with E-state index in [9.17, 15) is 12.8 Å². The standard InChI is InChI=1S/C16H19FN2O2S2/c1-2-15-7-8-16(22-15)23(20,21)19-11-9-18(10-12-19)14-5-3-13(17)4-6-14/h3-8H,2,9-12H2,1H3. The molecule has 0 amide bonds. The van der Waals surface area contributed by atoms with E-state index >= 15 is 0 Å². The van der Waals surface area contributed by atoms with Crippen LogP contribution in [0.4, 0.5) is 10.1 Å². The number of thiophene rings is 1. The van der Waals surface area contributed by atoms with Gasteiger partial charge in [-0.3, -0.25) is 0 Å². The van der Waals surface area contributed by atoms with Crippen LogP contribution in [-0.4, -0.2) is 38.9 Å². The van der Waals surface area contributed by atoms with Gasteiger partial charge in [-0.25, -0.2) is 12.8 Å². The van der Waals surface area contributed by atoms with Crippen LogP contribution in [0.3, 0.4) is 0 Å². The molecule has 2 heterocycles. The van der Waals surface area contributed by atoms with Crippen molar-refractivity contribution in [3.8, 4) is 0 Å². The summed E-state index contributed by atoms with van der Waals surface area (Å²) in [5, 5.41) is 0. The van der Waals surface area contributed by atoms with E-state index in [0.29, 0.717) is 30.4 Å². The first-order chi connectivity index (χ1) is 11.0. The van der Waals surface area contributed by atoms with E-state index < -0.39 is 10.0 Å². The molecule has 23 heavy (non-hydrogen) atoms. The number of hydrogen-bond donors (Lipinski definition) is 0. The number of halogens is 1. The molecular weight excluding hydrogens is 335 g/mol. The number of sulfonamides is 1. The van der Waals surface area contributed by atoms with Gasteiger partial charge in [-0.15, -0.1) is 11.3 Å². The van der Waals surface area contributed by atoms with Gasteiger partial charge in [0, 0.05) is 36.7 Å². The van der Waals surface area contributed by atoms with Crippen molar-refractivity contribution in [1.29, 1.82) is 0 Å². The number of rotatable bonds is 4. The molecule has 0 bridgehead atoms. The highest BCUT2D eigenvalue weighted by Crippen LogP contribution is 2.27. The fraction of sp³-hybridized carbons (Fsp3) is 0.375. The Bertz CT molecular complexity index is 764. The van der Waals surface area contributed by atoms with Gasteiger partial charge in [0.2, 0.25) is 0 Å². The van der Waals surface area contributed by atoms with Crippen molar-refractivity contribution in [3.05, 3.63) is 47.1 Å². The number of piperazine rings is 1. The lowest BCUT2D eigenvalue weighted by molar-refractivity contribution is 0.386. The number of aryl methyl sites for hydroxylation is 1. The molecule has 4 nitrogen and oxygen atoms in total. The number of nitrogens with zero attached hydrogens (tertiary/aromatic N) is 2. The molecule has 0 unspecified atom stereocenters. The fourth-order valence-corrected chi connectivity index (χ4v) is 5.52. The zero-order valence-electron chi connectivity index (χ0n) is 12.9. The van der Waals surface area contributed by atoms with Gasteiger partial charge in [0.15, 0.2) is 0 Å². The van der Waals surface area contributed by atoms with Gasteiger partial charge >= 0.3 is 0 Å². The summed E-state index contributed by atoms with van der Waals surface area (Å²) in [4.78, 5) is 3.16. The number of anilines is 1. The van der Waals surface area contributed by atoms with E-state index in [-0.39, 0.29) is 5.82 Å². The minimum atomic E-state index is -3.40. The zero-order chi connectivity index (χ0) is 16.4. The summed E-state index contributed by atoms with van der Waals surface area (Å²) in [6.45, 7) is 4.12. The summed E-state index contributed by atoms with van der Waals surface area (Å²) >= 11 is 1.35. The van der Waals surface area contributed by atoms with Gasteiger partial charge in [0.05, 0.1) is 0 Å². The van der Waals surface area contributed by atoms with Crippen LogP contribution in [0.5, 0.6) is 0 Å². The third kappa shape index (κ3) is 3.41. The highest BCUT2D eigenvalue weighted by Gasteiger charge is 2.29. The van der Waals surface area contributed by atoms with Crippen LogP contribution in [0.1, 0.15) is 11.8 Å². The maximum absolute atomic E-state index is 13.0. The Hall–Kier alpha value is -1.44. The molecule has 1 aromatic heterocycles. The predicted molar refractivity (Wildman–Crippen MR) is 91.1 cm³/mol. The fourth-order valence-electron chi connectivity index (χ4n) is 2.65. The topological polar surface area (TPSA) is 40.6 Å². The molecule has 0 N–H and O–H groups in total. The summed E-state index contributed by atoms with van der Waals surface area (Å²) in [5.41, 5.74) is 0.924. The van der Waals surface area contributed by atoms with E-state index in [1.54, 1.807) is 18.2 Å². The summed E-state index contributed by atoms with van der Waals surface area (Å²) < 4.78 is 40.3. The summed E-state index contributed by atoms with van der Waals surface area (Å²) in [6.07, 6.45) is 0.846. The second kappa shape index (κ2) is 6.59. The SMILES string of the molecule is CCc1ccc(S(=O)(=O)N2CCN(c3ccc(F)cc3)CC2)s1. The maximum Gasteiger partial charge on any atom is 0.252 e. The van der Waals surface area contributed by atoms with E-state index in [4.69, 9.17) is 0 Å². The van der Waals surface area contributed by atoms with Crippen LogP contribution < -0.4 is 4.90 Å². The van der Waals surface area contributed by atoms with Crippen molar-refractivity contribution in [3.63, 3.8) is 0 Å². The van der Waals surface area contributed by atoms with Crippen molar-refractivity contribution in [1.82, 2.24) is 4.31 Å². The minimum absolute atomic E-state index is 0.264. The lowest BCUT2D eigenvalue weighted by atomic mass is 10.2. The quantitative estimate of drug-likeness (QED) is 0.848. The second-order valence-electron chi connectivity index (χ2n) is 5.44. The van der Waals surface area contributed by atoms with Crippen LogP contribution in [-0.2, 0) is 16.4 Å². The third-order valence-electron chi connectivity index (χ3n) is 4.01. The molecule has 124 valence electrons. The second-order valence-corrected chi connectivity index (χ2v) is 8.77. The van der Waals surface area contributed by atoms with Crippen LogP contribution in [0.15, 0.2) is 40.6 Å². The summed E-state index contributed by atoms with van der Waals surface area (Å²) in [7, 11) is -3.40. The maximum atomic E-state index is 13.0. The van der Waals surface area contributed by atoms with Crippen LogP contribution in [0.25, 0.3) is 0 Å². The first-order valence-corrected chi connectivity index (χ1v) is 9.86. The average Bonchev–Trinajstić information content (AvgIpc) is 3.06. The summed E-state index contributed by atoms with van der Waals surface area (Å²) in [5.74, 6) is -0.264. The first kappa shape index (κ1) is 16.4. The molecule has 2 aromatic rings. The van der Waals surface area contributed by atoms with Crippen LogP contribution in [0.2, 0.25) is 0 Å². The normalized spacial score (nSPS) is 16.7. The first-order valence-electron chi connectivity index (χ1n) is 7.60. The monoisotopic (exact) mass is 354 g/mol. The smallest absolute Gasteiger partial charge is 0.252 e. The average molecular weight is 354 g/mol. The molecule has 0 radical (unpaired) electrons. The molecule has 0 saturated carbocycles. The Kier molecular flexibility index (Phi) is 4.70. The molecule has 1 saturated heterocycles. The molecule has 1 aromatic carbocycles. The van der Waals surface area contributed by atoms with Crippen molar-refractivity contribution in [2.75, 3.05) is 31.1 Å². The number of hydrogen-bond acceptors (Lipinski definition) is 4. The van der Waals surface area contributed by atoms with E-state index in [1.807, 2.05) is 13.0 Å². The molecule has 1 aliphatic heterocycles. The highest BCUT2D eigenvalue weighted by atomic mass is 32.2. The summed E-state index contributed by atoms with van der Waals surface area (Å²) in [6, 6.07) is 9.89. The molecule has 7 heteroatoms. The van der Waals surface area contributed by atoms with Crippen molar-refractivity contribution >= 4 is 27.0 Å². The molecule has 1 fully saturated rings. The molecule has 0 aliphatic carbocycles. The van der Waals surface area contributed by atoms with Gasteiger partial charge in [0.1, 0.15) is 10.0 Å². The van der Waals surface area contributed by atoms with E-state index in [2.05, 4.69) is 4.90 Å².